The Morgan fingerprint density at radius 2 is 1.73 bits per heavy atom. The first-order valence-electron chi connectivity index (χ1n) is 11.1. The Labute approximate surface area is 206 Å². The summed E-state index contributed by atoms with van der Waals surface area (Å²) >= 11 is 0. The normalized spacial score (nSPS) is 15.8. The summed E-state index contributed by atoms with van der Waals surface area (Å²) in [7, 11) is 0. The first-order valence-corrected chi connectivity index (χ1v) is 11.1. The number of hydrogen-bond acceptors (Lipinski definition) is 7. The molecule has 0 bridgehead atoms. The molecule has 1 unspecified atom stereocenters. The molecule has 1 aliphatic rings. The van der Waals surface area contributed by atoms with Crippen molar-refractivity contribution < 1.29 is 17.6 Å². The van der Waals surface area contributed by atoms with Crippen LogP contribution in [0.5, 0.6) is 0 Å². The summed E-state index contributed by atoms with van der Waals surface area (Å²) in [6, 6.07) is 9.17. The number of nitrogens with zero attached hydrogens (tertiary/aromatic N) is 7. The number of rotatable bonds is 4. The fourth-order valence-corrected chi connectivity index (χ4v) is 4.14. The summed E-state index contributed by atoms with van der Waals surface area (Å²) in [5.41, 5.74) is 3.37. The van der Waals surface area contributed by atoms with Gasteiger partial charge in [0.2, 0.25) is 5.89 Å². The minimum absolute atomic E-state index is 0.147. The molecule has 1 atom stereocenters. The van der Waals surface area contributed by atoms with Gasteiger partial charge in [-0.15, -0.1) is 5.10 Å². The summed E-state index contributed by atoms with van der Waals surface area (Å²) in [6.45, 7) is 0. The van der Waals surface area contributed by atoms with Gasteiger partial charge in [-0.25, -0.2) is 9.78 Å². The van der Waals surface area contributed by atoms with Crippen LogP contribution in [0, 0.1) is 0 Å². The summed E-state index contributed by atoms with van der Waals surface area (Å²) < 4.78 is 46.5. The topological polar surface area (TPSA) is 103 Å². The quantitative estimate of drug-likeness (QED) is 0.357. The van der Waals surface area contributed by atoms with Crippen LogP contribution in [0.15, 0.2) is 87.7 Å². The highest BCUT2D eigenvalue weighted by molar-refractivity contribution is 6.03. The Morgan fingerprint density at radius 1 is 0.973 bits per heavy atom. The van der Waals surface area contributed by atoms with Gasteiger partial charge in [0.1, 0.15) is 12.3 Å². The molecular weight excluding hydrogens is 487 g/mol. The Morgan fingerprint density at radius 3 is 2.38 bits per heavy atom. The van der Waals surface area contributed by atoms with Crippen molar-refractivity contribution in [3.63, 3.8) is 0 Å². The predicted molar refractivity (Wildman–Crippen MR) is 129 cm³/mol. The predicted octanol–water partition coefficient (Wildman–Crippen LogP) is 4.52. The van der Waals surface area contributed by atoms with Crippen molar-refractivity contribution in [2.45, 2.75) is 18.6 Å². The zero-order chi connectivity index (χ0) is 25.6. The maximum absolute atomic E-state index is 13.2. The Bertz CT molecular complexity index is 1700. The SMILES string of the molecule is O=c1n(C2=CCC(C(F)(F)F)N=C2)nc2c(-c3ccncc3)c(-c3ccc(-c4ncco4)cc3)cnn12. The van der Waals surface area contributed by atoms with Crippen LogP contribution in [0.4, 0.5) is 13.2 Å². The average Bonchev–Trinajstić information content (AvgIpc) is 3.57. The van der Waals surface area contributed by atoms with E-state index in [0.29, 0.717) is 17.0 Å². The van der Waals surface area contributed by atoms with Crippen LogP contribution < -0.4 is 5.69 Å². The van der Waals surface area contributed by atoms with Crippen molar-refractivity contribution >= 4 is 17.6 Å². The van der Waals surface area contributed by atoms with E-state index in [0.717, 1.165) is 32.1 Å². The van der Waals surface area contributed by atoms with Crippen LogP contribution in [0.2, 0.25) is 0 Å². The first kappa shape index (κ1) is 22.6. The van der Waals surface area contributed by atoms with Gasteiger partial charge in [0.15, 0.2) is 5.65 Å². The van der Waals surface area contributed by atoms with Gasteiger partial charge in [-0.3, -0.25) is 9.98 Å². The van der Waals surface area contributed by atoms with Crippen molar-refractivity contribution in [2.75, 3.05) is 0 Å². The van der Waals surface area contributed by atoms with E-state index >= 15 is 0 Å². The third-order valence-electron chi connectivity index (χ3n) is 5.96. The number of benzene rings is 1. The molecule has 5 heterocycles. The fraction of sp³-hybridized carbons (Fsp3) is 0.120. The zero-order valence-electron chi connectivity index (χ0n) is 18.9. The Balaban J connectivity index is 1.49. The molecule has 0 radical (unpaired) electrons. The molecule has 0 saturated heterocycles. The highest BCUT2D eigenvalue weighted by Crippen LogP contribution is 2.35. The van der Waals surface area contributed by atoms with E-state index in [1.54, 1.807) is 36.9 Å². The van der Waals surface area contributed by atoms with E-state index in [-0.39, 0.29) is 17.8 Å². The van der Waals surface area contributed by atoms with E-state index in [4.69, 9.17) is 4.42 Å². The first-order chi connectivity index (χ1) is 17.9. The summed E-state index contributed by atoms with van der Waals surface area (Å²) in [5, 5.41) is 8.77. The van der Waals surface area contributed by atoms with Crippen LogP contribution in [-0.2, 0) is 0 Å². The minimum Gasteiger partial charge on any atom is -0.445 e. The van der Waals surface area contributed by atoms with Crippen molar-refractivity contribution in [1.82, 2.24) is 29.4 Å². The van der Waals surface area contributed by atoms with E-state index in [9.17, 15) is 18.0 Å². The maximum atomic E-state index is 13.2. The van der Waals surface area contributed by atoms with Gasteiger partial charge in [-0.1, -0.05) is 18.2 Å². The van der Waals surface area contributed by atoms with E-state index in [2.05, 4.69) is 25.2 Å². The number of aliphatic imine (C=N–C) groups is 1. The van der Waals surface area contributed by atoms with Gasteiger partial charge >= 0.3 is 11.9 Å². The molecule has 0 amide bonds. The second-order valence-electron chi connectivity index (χ2n) is 8.21. The molecule has 0 aliphatic carbocycles. The number of alkyl halides is 3. The zero-order valence-corrected chi connectivity index (χ0v) is 18.9. The summed E-state index contributed by atoms with van der Waals surface area (Å²) in [5.74, 6) is 0.481. The molecule has 12 heteroatoms. The molecule has 6 rings (SSSR count). The minimum atomic E-state index is -4.46. The van der Waals surface area contributed by atoms with E-state index in [1.807, 2.05) is 24.3 Å². The third-order valence-corrected chi connectivity index (χ3v) is 5.96. The largest absolute Gasteiger partial charge is 0.445 e. The molecule has 9 nitrogen and oxygen atoms in total. The Hall–Kier alpha value is -4.87. The Kier molecular flexibility index (Phi) is 5.29. The van der Waals surface area contributed by atoms with Crippen LogP contribution in [0.25, 0.3) is 45.1 Å². The van der Waals surface area contributed by atoms with Crippen LogP contribution in [-0.4, -0.2) is 47.8 Å². The van der Waals surface area contributed by atoms with Gasteiger partial charge in [0, 0.05) is 35.3 Å². The van der Waals surface area contributed by atoms with Gasteiger partial charge in [-0.2, -0.15) is 27.5 Å². The molecule has 0 spiro atoms. The lowest BCUT2D eigenvalue weighted by Gasteiger charge is -2.17. The van der Waals surface area contributed by atoms with Crippen molar-refractivity contribution in [3.05, 3.63) is 84.0 Å². The number of dihydropyridines is 1. The second-order valence-corrected chi connectivity index (χ2v) is 8.21. The highest BCUT2D eigenvalue weighted by Gasteiger charge is 2.39. The van der Waals surface area contributed by atoms with Crippen LogP contribution in [0.1, 0.15) is 6.42 Å². The van der Waals surface area contributed by atoms with Crippen molar-refractivity contribution in [2.24, 2.45) is 4.99 Å². The van der Waals surface area contributed by atoms with Crippen LogP contribution in [0.3, 0.4) is 0 Å². The van der Waals surface area contributed by atoms with E-state index in [1.165, 1.54) is 12.3 Å². The summed E-state index contributed by atoms with van der Waals surface area (Å²) in [4.78, 5) is 25.0. The lowest BCUT2D eigenvalue weighted by Crippen LogP contribution is -2.30. The van der Waals surface area contributed by atoms with Crippen LogP contribution >= 0.6 is 0 Å². The number of oxazole rings is 1. The van der Waals surface area contributed by atoms with Gasteiger partial charge in [0.25, 0.3) is 0 Å². The van der Waals surface area contributed by atoms with Gasteiger partial charge < -0.3 is 4.42 Å². The molecule has 0 N–H and O–H groups in total. The number of halogens is 3. The molecule has 0 saturated carbocycles. The molecule has 5 aromatic rings. The second kappa shape index (κ2) is 8.66. The highest BCUT2D eigenvalue weighted by atomic mass is 19.4. The monoisotopic (exact) mass is 503 g/mol. The molecule has 4 aromatic heterocycles. The average molecular weight is 503 g/mol. The van der Waals surface area contributed by atoms with Gasteiger partial charge in [-0.05, 0) is 41.8 Å². The lowest BCUT2D eigenvalue weighted by atomic mass is 9.97. The molecule has 1 aliphatic heterocycles. The number of allylic oxidation sites excluding steroid dienone is 1. The number of pyridine rings is 1. The standard InChI is InChI=1S/C25H16F3N7O2/c26-25(27,28)20-6-5-18(13-31-20)34-24(36)35-22(33-34)21(16-7-9-29-10-8-16)19(14-32-35)15-1-3-17(4-2-15)23-30-11-12-37-23/h1-5,7-14,20H,6H2. The molecule has 184 valence electrons. The maximum Gasteiger partial charge on any atom is 0.411 e. The summed E-state index contributed by atoms with van der Waals surface area (Å²) in [6.07, 6.45) is 5.31. The van der Waals surface area contributed by atoms with Gasteiger partial charge in [0.05, 0.1) is 18.1 Å². The third kappa shape index (κ3) is 4.01. The molecule has 1 aromatic carbocycles. The van der Waals surface area contributed by atoms with Crippen molar-refractivity contribution in [1.29, 1.82) is 0 Å². The molecule has 37 heavy (non-hydrogen) atoms. The number of fused-ring (bicyclic) bond motifs is 1. The lowest BCUT2D eigenvalue weighted by molar-refractivity contribution is -0.146. The van der Waals surface area contributed by atoms with E-state index < -0.39 is 17.9 Å². The molecule has 0 fully saturated rings. The molecular formula is C25H16F3N7O2. The fourth-order valence-electron chi connectivity index (χ4n) is 4.14. The number of aromatic nitrogens is 6. The number of hydrogen-bond donors (Lipinski definition) is 0. The van der Waals surface area contributed by atoms with Crippen molar-refractivity contribution in [3.8, 4) is 33.7 Å². The smallest absolute Gasteiger partial charge is 0.411 e.